The average molecular weight is 426 g/mol. The van der Waals surface area contributed by atoms with Gasteiger partial charge in [0.05, 0.1) is 18.5 Å². The van der Waals surface area contributed by atoms with Crippen LogP contribution in [0, 0.1) is 5.41 Å². The molecule has 3 fully saturated rings. The van der Waals surface area contributed by atoms with Crippen LogP contribution in [0.3, 0.4) is 0 Å². The van der Waals surface area contributed by atoms with Crippen LogP contribution in [0.25, 0.3) is 11.2 Å². The zero-order valence-corrected chi connectivity index (χ0v) is 18.0. The van der Waals surface area contributed by atoms with Crippen LogP contribution in [-0.4, -0.2) is 74.0 Å². The monoisotopic (exact) mass is 425 g/mol. The van der Waals surface area contributed by atoms with Crippen LogP contribution in [0.1, 0.15) is 67.8 Å². The lowest BCUT2D eigenvalue weighted by molar-refractivity contribution is -0.139. The van der Waals surface area contributed by atoms with Gasteiger partial charge in [-0.3, -0.25) is 9.59 Å². The van der Waals surface area contributed by atoms with Gasteiger partial charge in [0, 0.05) is 50.3 Å². The SMILES string of the molecule is O=C1CCC2(CCCN(C(=O)c3cnc4c(c3)ncn4C3CCCC3)C2)CN1CCO. The molecule has 0 radical (unpaired) electrons. The summed E-state index contributed by atoms with van der Waals surface area (Å²) >= 11 is 0. The molecule has 1 N–H and O–H groups in total. The standard InChI is InChI=1S/C23H31N5O3/c29-11-10-26-14-23(8-6-20(26)30)7-3-9-27(15-23)22(31)17-12-19-21(24-13-17)28(16-25-19)18-4-1-2-5-18/h12-13,16,18,29H,1-11,14-15H2. The Bertz CT molecular complexity index is 983. The van der Waals surface area contributed by atoms with Gasteiger partial charge in [-0.1, -0.05) is 12.8 Å². The number of nitrogens with zero attached hydrogens (tertiary/aromatic N) is 5. The molecule has 2 saturated heterocycles. The van der Waals surface area contributed by atoms with Gasteiger partial charge in [0.25, 0.3) is 5.91 Å². The molecule has 8 nitrogen and oxygen atoms in total. The zero-order valence-electron chi connectivity index (χ0n) is 18.0. The second-order valence-corrected chi connectivity index (χ2v) is 9.53. The number of amides is 2. The highest BCUT2D eigenvalue weighted by molar-refractivity contribution is 5.96. The number of piperidine rings is 2. The minimum atomic E-state index is -0.0709. The molecule has 1 atom stereocenters. The first-order valence-electron chi connectivity index (χ1n) is 11.6. The summed E-state index contributed by atoms with van der Waals surface area (Å²) in [5, 5.41) is 9.30. The van der Waals surface area contributed by atoms with E-state index in [9.17, 15) is 14.7 Å². The van der Waals surface area contributed by atoms with Gasteiger partial charge >= 0.3 is 0 Å². The van der Waals surface area contributed by atoms with Gasteiger partial charge in [-0.15, -0.1) is 0 Å². The van der Waals surface area contributed by atoms with Crippen molar-refractivity contribution in [3.05, 3.63) is 24.2 Å². The van der Waals surface area contributed by atoms with Crippen molar-refractivity contribution in [2.24, 2.45) is 5.41 Å². The highest BCUT2D eigenvalue weighted by atomic mass is 16.3. The average Bonchev–Trinajstić information content (AvgIpc) is 3.45. The van der Waals surface area contributed by atoms with E-state index in [-0.39, 0.29) is 23.8 Å². The number of carbonyl (C=O) groups is 2. The predicted octanol–water partition coefficient (Wildman–Crippen LogP) is 2.38. The fourth-order valence-electron chi connectivity index (χ4n) is 5.81. The maximum Gasteiger partial charge on any atom is 0.255 e. The van der Waals surface area contributed by atoms with Crippen molar-refractivity contribution < 1.29 is 14.7 Å². The lowest BCUT2D eigenvalue weighted by Gasteiger charge is -2.48. The quantitative estimate of drug-likeness (QED) is 0.812. The lowest BCUT2D eigenvalue weighted by Crippen LogP contribution is -2.55. The molecule has 2 aromatic rings. The Morgan fingerprint density at radius 2 is 2.00 bits per heavy atom. The van der Waals surface area contributed by atoms with Crippen LogP contribution < -0.4 is 0 Å². The van der Waals surface area contributed by atoms with Gasteiger partial charge < -0.3 is 19.5 Å². The Hall–Kier alpha value is -2.48. The first kappa shape index (κ1) is 20.4. The fraction of sp³-hybridized carbons (Fsp3) is 0.652. The smallest absolute Gasteiger partial charge is 0.255 e. The van der Waals surface area contributed by atoms with Crippen LogP contribution >= 0.6 is 0 Å². The number of hydrogen-bond acceptors (Lipinski definition) is 5. The van der Waals surface area contributed by atoms with Gasteiger partial charge in [0.15, 0.2) is 5.65 Å². The number of aromatic nitrogens is 3. The number of pyridine rings is 1. The number of carbonyl (C=O) groups excluding carboxylic acids is 2. The molecule has 8 heteroatoms. The van der Waals surface area contributed by atoms with Gasteiger partial charge in [0.1, 0.15) is 5.52 Å². The van der Waals surface area contributed by atoms with E-state index in [2.05, 4.69) is 14.5 Å². The number of imidazole rings is 1. The van der Waals surface area contributed by atoms with Crippen molar-refractivity contribution in [3.63, 3.8) is 0 Å². The minimum absolute atomic E-state index is 0.00509. The molecule has 0 aromatic carbocycles. The molecule has 31 heavy (non-hydrogen) atoms. The number of fused-ring (bicyclic) bond motifs is 1. The molecular weight excluding hydrogens is 394 g/mol. The molecule has 2 aliphatic heterocycles. The van der Waals surface area contributed by atoms with E-state index in [0.29, 0.717) is 37.7 Å². The van der Waals surface area contributed by atoms with E-state index < -0.39 is 0 Å². The van der Waals surface area contributed by atoms with Crippen molar-refractivity contribution in [2.45, 2.75) is 57.4 Å². The molecule has 166 valence electrons. The molecule has 1 aliphatic carbocycles. The highest BCUT2D eigenvalue weighted by Gasteiger charge is 2.42. The Morgan fingerprint density at radius 1 is 1.16 bits per heavy atom. The number of aliphatic hydroxyl groups is 1. The Morgan fingerprint density at radius 3 is 2.81 bits per heavy atom. The Balaban J connectivity index is 1.33. The summed E-state index contributed by atoms with van der Waals surface area (Å²) in [7, 11) is 0. The van der Waals surface area contributed by atoms with Crippen LogP contribution in [0.2, 0.25) is 0 Å². The molecule has 2 aromatic heterocycles. The maximum absolute atomic E-state index is 13.3. The molecule has 3 aliphatic rings. The summed E-state index contributed by atoms with van der Waals surface area (Å²) in [5.41, 5.74) is 2.16. The van der Waals surface area contributed by atoms with E-state index in [0.717, 1.165) is 37.0 Å². The van der Waals surface area contributed by atoms with E-state index in [1.165, 1.54) is 25.7 Å². The third-order valence-corrected chi connectivity index (χ3v) is 7.44. The van der Waals surface area contributed by atoms with Crippen LogP contribution in [0.5, 0.6) is 0 Å². The fourth-order valence-corrected chi connectivity index (χ4v) is 5.81. The number of hydrogen-bond donors (Lipinski definition) is 1. The van der Waals surface area contributed by atoms with Gasteiger partial charge in [-0.25, -0.2) is 9.97 Å². The topological polar surface area (TPSA) is 91.6 Å². The minimum Gasteiger partial charge on any atom is -0.395 e. The molecule has 2 amide bonds. The largest absolute Gasteiger partial charge is 0.395 e. The third-order valence-electron chi connectivity index (χ3n) is 7.44. The van der Waals surface area contributed by atoms with Crippen molar-refractivity contribution in [1.29, 1.82) is 0 Å². The summed E-state index contributed by atoms with van der Waals surface area (Å²) in [4.78, 5) is 38.4. The molecule has 1 unspecified atom stereocenters. The molecule has 5 rings (SSSR count). The molecular formula is C23H31N5O3. The van der Waals surface area contributed by atoms with E-state index >= 15 is 0 Å². The van der Waals surface area contributed by atoms with Crippen molar-refractivity contribution in [1.82, 2.24) is 24.3 Å². The van der Waals surface area contributed by atoms with Gasteiger partial charge in [-0.2, -0.15) is 0 Å². The first-order valence-corrected chi connectivity index (χ1v) is 11.6. The Kier molecular flexibility index (Phi) is 5.42. The van der Waals surface area contributed by atoms with Crippen LogP contribution in [0.15, 0.2) is 18.6 Å². The zero-order chi connectivity index (χ0) is 21.4. The van der Waals surface area contributed by atoms with Gasteiger partial charge in [0.2, 0.25) is 5.91 Å². The second-order valence-electron chi connectivity index (χ2n) is 9.53. The number of aliphatic hydroxyl groups excluding tert-OH is 1. The number of rotatable bonds is 4. The highest BCUT2D eigenvalue weighted by Crippen LogP contribution is 2.39. The normalized spacial score (nSPS) is 25.1. The van der Waals surface area contributed by atoms with Crippen molar-refractivity contribution >= 4 is 23.0 Å². The number of likely N-dealkylation sites (tertiary alicyclic amines) is 2. The van der Waals surface area contributed by atoms with Crippen molar-refractivity contribution in [3.8, 4) is 0 Å². The third kappa shape index (κ3) is 3.82. The molecule has 1 saturated carbocycles. The summed E-state index contributed by atoms with van der Waals surface area (Å²) in [6.07, 6.45) is 11.6. The Labute approximate surface area is 182 Å². The van der Waals surface area contributed by atoms with Crippen molar-refractivity contribution in [2.75, 3.05) is 32.8 Å². The van der Waals surface area contributed by atoms with Crippen LogP contribution in [-0.2, 0) is 4.79 Å². The van der Waals surface area contributed by atoms with Crippen LogP contribution in [0.4, 0.5) is 0 Å². The van der Waals surface area contributed by atoms with E-state index in [4.69, 9.17) is 0 Å². The summed E-state index contributed by atoms with van der Waals surface area (Å²) in [6.45, 7) is 2.35. The summed E-state index contributed by atoms with van der Waals surface area (Å²) in [5.74, 6) is 0.102. The first-order chi connectivity index (χ1) is 15.1. The predicted molar refractivity (Wildman–Crippen MR) is 116 cm³/mol. The lowest BCUT2D eigenvalue weighted by atomic mass is 9.73. The molecule has 4 heterocycles. The molecule has 0 bridgehead atoms. The molecule has 1 spiro atoms. The maximum atomic E-state index is 13.3. The second kappa shape index (κ2) is 8.22. The summed E-state index contributed by atoms with van der Waals surface area (Å²) in [6, 6.07) is 2.34. The number of β-amino-alcohol motifs (C(OH)–C–C–N with tert-alkyl or cyclic N) is 1. The van der Waals surface area contributed by atoms with E-state index in [1.807, 2.05) is 17.3 Å². The van der Waals surface area contributed by atoms with Gasteiger partial charge in [-0.05, 0) is 38.2 Å². The van der Waals surface area contributed by atoms with E-state index in [1.54, 1.807) is 11.1 Å². The summed E-state index contributed by atoms with van der Waals surface area (Å²) < 4.78 is 2.17.